The number of likely N-dealkylation sites (tertiary alicyclic amines) is 1. The van der Waals surface area contributed by atoms with Crippen molar-refractivity contribution in [3.8, 4) is 22.4 Å². The summed E-state index contributed by atoms with van der Waals surface area (Å²) >= 11 is 1.73. The van der Waals surface area contributed by atoms with Gasteiger partial charge in [0.05, 0.1) is 30.5 Å². The molecular formula is C39H44N6O6S2. The van der Waals surface area contributed by atoms with Crippen LogP contribution in [-0.4, -0.2) is 95.6 Å². The van der Waals surface area contributed by atoms with Crippen molar-refractivity contribution in [2.24, 2.45) is 5.92 Å². The first-order valence-electron chi connectivity index (χ1n) is 17.9. The molecule has 3 aliphatic rings. The molecule has 0 bridgehead atoms. The number of sulfone groups is 1. The SMILES string of the molecule is COC(=O)N[C@H](C(=O)N1CCCC2S[C@@]21c1ncc(-c2ccc(-c3ccc(C(=O)Nc4ccc(CN5CCS(=O)(=O)CC5)cc4)cc3)cc2)[nH]1)C(C)C. The summed E-state index contributed by atoms with van der Waals surface area (Å²) < 4.78 is 28.2. The topological polar surface area (TPSA) is 154 Å². The molecule has 0 saturated carbocycles. The van der Waals surface area contributed by atoms with Crippen LogP contribution in [0.3, 0.4) is 0 Å². The second-order valence-electron chi connectivity index (χ2n) is 14.2. The maximum atomic E-state index is 13.8. The van der Waals surface area contributed by atoms with Crippen LogP contribution in [0.1, 0.15) is 48.4 Å². The number of carbonyl (C=O) groups excluding carboxylic acids is 3. The van der Waals surface area contributed by atoms with Crippen LogP contribution in [0.5, 0.6) is 0 Å². The standard InChI is InChI=1S/C39H44N6O6S2/c1-25(2)34(43-38(48)51-3)36(47)45-18-4-5-33-39(45,52-33)37-40-23-32(42-37)29-12-8-27(9-13-29)28-10-14-30(15-11-28)35(46)41-31-16-6-26(7-17-31)24-44-19-21-53(49,50)22-20-44/h6-17,23,25,33-34H,4-5,18-22,24H2,1-3H3,(H,40,42)(H,41,46)(H,43,48)/t33?,34-,39+/m0/s1. The van der Waals surface area contributed by atoms with Gasteiger partial charge in [-0.2, -0.15) is 0 Å². The van der Waals surface area contributed by atoms with E-state index in [4.69, 9.17) is 9.72 Å². The summed E-state index contributed by atoms with van der Waals surface area (Å²) in [4.78, 5) is 50.6. The average molecular weight is 757 g/mol. The number of nitrogens with zero attached hydrogens (tertiary/aromatic N) is 3. The number of thioether (sulfide) groups is 1. The van der Waals surface area contributed by atoms with Gasteiger partial charge >= 0.3 is 6.09 Å². The number of benzene rings is 3. The number of nitrogens with one attached hydrogen (secondary N) is 3. The minimum absolute atomic E-state index is 0.117. The monoisotopic (exact) mass is 756 g/mol. The van der Waals surface area contributed by atoms with Crippen molar-refractivity contribution in [3.63, 3.8) is 0 Å². The Hall–Kier alpha value is -4.66. The fourth-order valence-corrected chi connectivity index (χ4v) is 9.93. The van der Waals surface area contributed by atoms with Gasteiger partial charge < -0.3 is 25.3 Å². The smallest absolute Gasteiger partial charge is 0.407 e. The molecule has 3 aromatic carbocycles. The molecule has 4 heterocycles. The highest BCUT2D eigenvalue weighted by molar-refractivity contribution is 8.08. The number of H-pyrrole nitrogens is 1. The minimum Gasteiger partial charge on any atom is -0.453 e. The summed E-state index contributed by atoms with van der Waals surface area (Å²) in [7, 11) is -1.62. The van der Waals surface area contributed by atoms with E-state index in [9.17, 15) is 22.8 Å². The number of amides is 3. The first-order valence-corrected chi connectivity index (χ1v) is 20.6. The molecule has 278 valence electrons. The lowest BCUT2D eigenvalue weighted by Crippen LogP contribution is -2.56. The summed E-state index contributed by atoms with van der Waals surface area (Å²) in [5.74, 6) is 0.678. The number of ether oxygens (including phenoxy) is 1. The predicted molar refractivity (Wildman–Crippen MR) is 206 cm³/mol. The second kappa shape index (κ2) is 15.0. The van der Waals surface area contributed by atoms with Crippen LogP contribution in [0.15, 0.2) is 79.0 Å². The average Bonchev–Trinajstić information content (AvgIpc) is 3.72. The molecule has 4 aromatic rings. The Balaban J connectivity index is 0.975. The molecule has 3 N–H and O–H groups in total. The molecule has 0 radical (unpaired) electrons. The number of carbonyl (C=O) groups is 3. The van der Waals surface area contributed by atoms with Gasteiger partial charge in [-0.1, -0.05) is 62.4 Å². The highest BCUT2D eigenvalue weighted by Gasteiger charge is 2.66. The minimum atomic E-state index is -2.91. The quantitative estimate of drug-likeness (QED) is 0.178. The number of anilines is 1. The highest BCUT2D eigenvalue weighted by Crippen LogP contribution is 2.66. The molecule has 1 aromatic heterocycles. The molecule has 0 spiro atoms. The molecule has 7 rings (SSSR count). The lowest BCUT2D eigenvalue weighted by molar-refractivity contribution is -0.138. The summed E-state index contributed by atoms with van der Waals surface area (Å²) in [6.07, 6.45) is 3.06. The predicted octanol–water partition coefficient (Wildman–Crippen LogP) is 5.50. The molecule has 3 atom stereocenters. The second-order valence-corrected chi connectivity index (χ2v) is 17.9. The molecule has 3 aliphatic heterocycles. The molecule has 1 unspecified atom stereocenters. The summed E-state index contributed by atoms with van der Waals surface area (Å²) in [5.41, 5.74) is 6.07. The zero-order valence-corrected chi connectivity index (χ0v) is 31.6. The van der Waals surface area contributed by atoms with Gasteiger partial charge in [-0.25, -0.2) is 18.2 Å². The van der Waals surface area contributed by atoms with Crippen LogP contribution < -0.4 is 10.6 Å². The number of hydrogen-bond acceptors (Lipinski definition) is 9. The number of fused-ring (bicyclic) bond motifs is 1. The third-order valence-corrected chi connectivity index (χ3v) is 13.5. The van der Waals surface area contributed by atoms with Gasteiger partial charge in [-0.15, -0.1) is 11.8 Å². The Morgan fingerprint density at radius 2 is 1.58 bits per heavy atom. The first kappa shape index (κ1) is 36.7. The third kappa shape index (κ3) is 7.85. The summed E-state index contributed by atoms with van der Waals surface area (Å²) in [5, 5.41) is 5.92. The van der Waals surface area contributed by atoms with Crippen molar-refractivity contribution in [2.45, 2.75) is 49.4 Å². The van der Waals surface area contributed by atoms with E-state index in [0.717, 1.165) is 46.6 Å². The van der Waals surface area contributed by atoms with Gasteiger partial charge in [-0.3, -0.25) is 14.5 Å². The molecule has 53 heavy (non-hydrogen) atoms. The van der Waals surface area contributed by atoms with E-state index in [1.165, 1.54) is 7.11 Å². The van der Waals surface area contributed by atoms with Crippen molar-refractivity contribution in [1.29, 1.82) is 0 Å². The van der Waals surface area contributed by atoms with Gasteiger partial charge in [0, 0.05) is 42.7 Å². The van der Waals surface area contributed by atoms with E-state index >= 15 is 0 Å². The lowest BCUT2D eigenvalue weighted by Gasteiger charge is -2.37. The fraction of sp³-hybridized carbons (Fsp3) is 0.385. The van der Waals surface area contributed by atoms with Crippen LogP contribution >= 0.6 is 11.8 Å². The van der Waals surface area contributed by atoms with Crippen molar-refractivity contribution < 1.29 is 27.5 Å². The Bertz CT molecular complexity index is 2070. The largest absolute Gasteiger partial charge is 0.453 e. The van der Waals surface area contributed by atoms with E-state index in [1.807, 2.05) is 97.7 Å². The van der Waals surface area contributed by atoms with E-state index in [-0.39, 0.29) is 34.5 Å². The molecular weight excluding hydrogens is 713 g/mol. The number of imidazole rings is 1. The fourth-order valence-electron chi connectivity index (χ4n) is 7.12. The maximum Gasteiger partial charge on any atom is 0.407 e. The Kier molecular flexibility index (Phi) is 10.4. The molecule has 12 nitrogen and oxygen atoms in total. The highest BCUT2D eigenvalue weighted by atomic mass is 32.2. The van der Waals surface area contributed by atoms with E-state index in [2.05, 4.69) is 20.5 Å². The molecule has 14 heteroatoms. The van der Waals surface area contributed by atoms with Gasteiger partial charge in [0.15, 0.2) is 14.7 Å². The van der Waals surface area contributed by atoms with Crippen LogP contribution in [0.25, 0.3) is 22.4 Å². The number of piperidine rings is 1. The number of aromatic nitrogens is 2. The number of rotatable bonds is 10. The van der Waals surface area contributed by atoms with Crippen LogP contribution in [-0.2, 0) is 30.8 Å². The Morgan fingerprint density at radius 3 is 2.23 bits per heavy atom. The third-order valence-electron chi connectivity index (χ3n) is 10.3. The zero-order valence-electron chi connectivity index (χ0n) is 30.0. The van der Waals surface area contributed by atoms with Crippen LogP contribution in [0.4, 0.5) is 10.5 Å². The van der Waals surface area contributed by atoms with Crippen molar-refractivity contribution in [1.82, 2.24) is 25.1 Å². The van der Waals surface area contributed by atoms with Crippen molar-refractivity contribution in [3.05, 3.63) is 95.9 Å². The molecule has 3 saturated heterocycles. The number of hydrogen-bond donors (Lipinski definition) is 3. The molecule has 0 aliphatic carbocycles. The van der Waals surface area contributed by atoms with Gasteiger partial charge in [0.1, 0.15) is 11.9 Å². The zero-order chi connectivity index (χ0) is 37.3. The van der Waals surface area contributed by atoms with Crippen molar-refractivity contribution >= 4 is 45.2 Å². The summed E-state index contributed by atoms with van der Waals surface area (Å²) in [6.45, 7) is 6.15. The van der Waals surface area contributed by atoms with Gasteiger partial charge in [-0.05, 0) is 65.3 Å². The Labute approximate surface area is 314 Å². The van der Waals surface area contributed by atoms with E-state index < -0.39 is 26.8 Å². The maximum absolute atomic E-state index is 13.8. The molecule has 3 fully saturated rings. The van der Waals surface area contributed by atoms with Crippen LogP contribution in [0.2, 0.25) is 0 Å². The number of aromatic amines is 1. The first-order chi connectivity index (χ1) is 25.5. The van der Waals surface area contributed by atoms with E-state index in [1.54, 1.807) is 11.8 Å². The van der Waals surface area contributed by atoms with E-state index in [0.29, 0.717) is 37.4 Å². The lowest BCUT2D eigenvalue weighted by atomic mass is 9.97. The number of methoxy groups -OCH3 is 1. The van der Waals surface area contributed by atoms with Gasteiger partial charge in [0.2, 0.25) is 5.91 Å². The molecule has 3 amide bonds. The Morgan fingerprint density at radius 1 is 0.943 bits per heavy atom. The normalized spacial score (nSPS) is 21.4. The summed E-state index contributed by atoms with van der Waals surface area (Å²) in [6, 6.07) is 22.5. The number of alkyl carbamates (subject to hydrolysis) is 1. The van der Waals surface area contributed by atoms with Crippen molar-refractivity contribution in [2.75, 3.05) is 43.6 Å². The van der Waals surface area contributed by atoms with Crippen LogP contribution in [0, 0.1) is 5.92 Å². The van der Waals surface area contributed by atoms with Gasteiger partial charge in [0.25, 0.3) is 5.91 Å².